The van der Waals surface area contributed by atoms with Crippen molar-refractivity contribution >= 4 is 5.82 Å². The Morgan fingerprint density at radius 1 is 1.25 bits per heavy atom. The molecule has 20 heavy (non-hydrogen) atoms. The van der Waals surface area contributed by atoms with Gasteiger partial charge in [-0.1, -0.05) is 25.5 Å². The van der Waals surface area contributed by atoms with Crippen molar-refractivity contribution in [2.45, 2.75) is 26.2 Å². The lowest BCUT2D eigenvalue weighted by Gasteiger charge is -2.08. The van der Waals surface area contributed by atoms with Crippen molar-refractivity contribution in [1.29, 1.82) is 0 Å². The van der Waals surface area contributed by atoms with E-state index in [1.165, 1.54) is 0 Å². The third kappa shape index (κ3) is 3.68. The lowest BCUT2D eigenvalue weighted by atomic mass is 10.1. The Balaban J connectivity index is 2.24. The number of nitrogens with zero attached hydrogens (tertiary/aromatic N) is 2. The average Bonchev–Trinajstić information content (AvgIpc) is 2.47. The average molecular weight is 272 g/mol. The fraction of sp³-hybridized carbons (Fsp3) is 0.333. The van der Waals surface area contributed by atoms with Crippen molar-refractivity contribution < 1.29 is 4.74 Å². The molecule has 0 unspecified atom stereocenters. The van der Waals surface area contributed by atoms with E-state index in [9.17, 15) is 0 Å². The Hall–Kier alpha value is -2.14. The molecule has 2 rings (SSSR count). The smallest absolute Gasteiger partial charge is 0.143 e. The highest BCUT2D eigenvalue weighted by molar-refractivity contribution is 5.36. The van der Waals surface area contributed by atoms with E-state index >= 15 is 0 Å². The van der Waals surface area contributed by atoms with Crippen LogP contribution < -0.4 is 16.0 Å². The molecule has 0 saturated carbocycles. The number of benzene rings is 1. The molecule has 2 aromatic rings. The van der Waals surface area contributed by atoms with Crippen molar-refractivity contribution in [2.24, 2.45) is 5.84 Å². The van der Waals surface area contributed by atoms with Gasteiger partial charge in [0.15, 0.2) is 0 Å². The van der Waals surface area contributed by atoms with Crippen LogP contribution in [-0.2, 0) is 12.8 Å². The summed E-state index contributed by atoms with van der Waals surface area (Å²) < 4.78 is 5.23. The minimum Gasteiger partial charge on any atom is -0.497 e. The van der Waals surface area contributed by atoms with Crippen LogP contribution in [0.5, 0.6) is 5.75 Å². The monoisotopic (exact) mass is 272 g/mol. The lowest BCUT2D eigenvalue weighted by molar-refractivity contribution is 0.414. The first-order valence-corrected chi connectivity index (χ1v) is 6.71. The van der Waals surface area contributed by atoms with Gasteiger partial charge in [0.05, 0.1) is 7.11 Å². The van der Waals surface area contributed by atoms with E-state index in [2.05, 4.69) is 22.3 Å². The molecule has 1 heterocycles. The first-order valence-electron chi connectivity index (χ1n) is 6.71. The van der Waals surface area contributed by atoms with E-state index < -0.39 is 0 Å². The largest absolute Gasteiger partial charge is 0.497 e. The maximum absolute atomic E-state index is 5.46. The molecule has 3 N–H and O–H groups in total. The first kappa shape index (κ1) is 14.3. The third-order valence-corrected chi connectivity index (χ3v) is 2.98. The molecule has 0 aliphatic carbocycles. The molecule has 0 aliphatic heterocycles. The molecule has 0 saturated heterocycles. The number of hydrazine groups is 1. The summed E-state index contributed by atoms with van der Waals surface area (Å²) in [6.07, 6.45) is 2.62. The SMILES string of the molecule is CCCc1cc(NN)nc(Cc2cccc(OC)c2)n1. The summed E-state index contributed by atoms with van der Waals surface area (Å²) in [5.41, 5.74) is 4.72. The number of aryl methyl sites for hydroxylation is 1. The van der Waals surface area contributed by atoms with E-state index in [1.807, 2.05) is 30.3 Å². The summed E-state index contributed by atoms with van der Waals surface area (Å²) in [4.78, 5) is 8.97. The molecular formula is C15H20N4O. The van der Waals surface area contributed by atoms with Crippen LogP contribution in [0, 0.1) is 0 Å². The third-order valence-electron chi connectivity index (χ3n) is 2.98. The van der Waals surface area contributed by atoms with Crippen LogP contribution in [0.4, 0.5) is 5.82 Å². The van der Waals surface area contributed by atoms with Gasteiger partial charge >= 0.3 is 0 Å². The Bertz CT molecular complexity index is 572. The van der Waals surface area contributed by atoms with Crippen molar-refractivity contribution in [2.75, 3.05) is 12.5 Å². The summed E-state index contributed by atoms with van der Waals surface area (Å²) in [6.45, 7) is 2.12. The zero-order valence-corrected chi connectivity index (χ0v) is 11.9. The van der Waals surface area contributed by atoms with Gasteiger partial charge in [-0.2, -0.15) is 0 Å². The molecular weight excluding hydrogens is 252 g/mol. The van der Waals surface area contributed by atoms with E-state index in [0.29, 0.717) is 12.2 Å². The molecule has 0 atom stereocenters. The number of hydrogen-bond acceptors (Lipinski definition) is 5. The van der Waals surface area contributed by atoms with Crippen LogP contribution in [-0.4, -0.2) is 17.1 Å². The maximum atomic E-state index is 5.46. The van der Waals surface area contributed by atoms with E-state index in [-0.39, 0.29) is 0 Å². The van der Waals surface area contributed by atoms with Gasteiger partial charge in [0, 0.05) is 18.2 Å². The molecule has 106 valence electrons. The topological polar surface area (TPSA) is 73.1 Å². The summed E-state index contributed by atoms with van der Waals surface area (Å²) in [5, 5.41) is 0. The predicted octanol–water partition coefficient (Wildman–Crippen LogP) is 2.31. The highest BCUT2D eigenvalue weighted by Gasteiger charge is 2.06. The minimum absolute atomic E-state index is 0.654. The van der Waals surface area contributed by atoms with Crippen molar-refractivity contribution in [1.82, 2.24) is 9.97 Å². The molecule has 1 aromatic heterocycles. The number of nitrogens with two attached hydrogens (primary N) is 1. The minimum atomic E-state index is 0.654. The molecule has 0 aliphatic rings. The highest BCUT2D eigenvalue weighted by atomic mass is 16.5. The number of methoxy groups -OCH3 is 1. The molecule has 0 radical (unpaired) electrons. The maximum Gasteiger partial charge on any atom is 0.143 e. The van der Waals surface area contributed by atoms with Crippen LogP contribution in [0.15, 0.2) is 30.3 Å². The summed E-state index contributed by atoms with van der Waals surface area (Å²) in [6, 6.07) is 9.80. The van der Waals surface area contributed by atoms with Crippen LogP contribution in [0.1, 0.15) is 30.4 Å². The number of rotatable bonds is 6. The van der Waals surface area contributed by atoms with Gasteiger partial charge in [0.25, 0.3) is 0 Å². The first-order chi connectivity index (χ1) is 9.75. The Kier molecular flexibility index (Phi) is 4.90. The second-order valence-corrected chi connectivity index (χ2v) is 4.58. The number of nitrogen functional groups attached to an aromatic ring is 1. The van der Waals surface area contributed by atoms with Gasteiger partial charge < -0.3 is 10.2 Å². The van der Waals surface area contributed by atoms with Crippen molar-refractivity contribution in [3.8, 4) is 5.75 Å². The van der Waals surface area contributed by atoms with E-state index in [4.69, 9.17) is 10.6 Å². The summed E-state index contributed by atoms with van der Waals surface area (Å²) in [5.74, 6) is 7.72. The van der Waals surface area contributed by atoms with Gasteiger partial charge in [-0.25, -0.2) is 15.8 Å². The second-order valence-electron chi connectivity index (χ2n) is 4.58. The Labute approximate surface area is 119 Å². The zero-order chi connectivity index (χ0) is 14.4. The molecule has 5 nitrogen and oxygen atoms in total. The van der Waals surface area contributed by atoms with Gasteiger partial charge in [-0.3, -0.25) is 0 Å². The molecule has 0 amide bonds. The number of hydrogen-bond donors (Lipinski definition) is 2. The van der Waals surface area contributed by atoms with E-state index in [0.717, 1.165) is 35.7 Å². The number of ether oxygens (including phenoxy) is 1. The molecule has 0 spiro atoms. The molecule has 0 fully saturated rings. The Morgan fingerprint density at radius 2 is 2.10 bits per heavy atom. The van der Waals surface area contributed by atoms with Crippen LogP contribution in [0.2, 0.25) is 0 Å². The van der Waals surface area contributed by atoms with Gasteiger partial charge in [-0.05, 0) is 24.1 Å². The molecule has 1 aromatic carbocycles. The fourth-order valence-electron chi connectivity index (χ4n) is 2.05. The molecule has 5 heteroatoms. The van der Waals surface area contributed by atoms with Gasteiger partial charge in [0.2, 0.25) is 0 Å². The summed E-state index contributed by atoms with van der Waals surface area (Å²) in [7, 11) is 1.66. The number of nitrogens with one attached hydrogen (secondary N) is 1. The molecule has 0 bridgehead atoms. The van der Waals surface area contributed by atoms with E-state index in [1.54, 1.807) is 7.11 Å². The van der Waals surface area contributed by atoms with Crippen LogP contribution in [0.3, 0.4) is 0 Å². The predicted molar refractivity (Wildman–Crippen MR) is 79.6 cm³/mol. The zero-order valence-electron chi connectivity index (χ0n) is 11.9. The van der Waals surface area contributed by atoms with Crippen LogP contribution in [0.25, 0.3) is 0 Å². The lowest BCUT2D eigenvalue weighted by Crippen LogP contribution is -2.12. The quantitative estimate of drug-likeness (QED) is 0.623. The highest BCUT2D eigenvalue weighted by Crippen LogP contribution is 2.16. The number of anilines is 1. The number of aromatic nitrogens is 2. The standard InChI is InChI=1S/C15H20N4O/c1-3-5-12-10-15(19-16)18-14(17-12)9-11-6-4-7-13(8-11)20-2/h4,6-8,10H,3,5,9,16H2,1-2H3,(H,17,18,19). The van der Waals surface area contributed by atoms with Crippen molar-refractivity contribution in [3.63, 3.8) is 0 Å². The van der Waals surface area contributed by atoms with Gasteiger partial charge in [-0.15, -0.1) is 0 Å². The normalized spacial score (nSPS) is 10.3. The fourth-order valence-corrected chi connectivity index (χ4v) is 2.05. The second kappa shape index (κ2) is 6.86. The van der Waals surface area contributed by atoms with Crippen LogP contribution >= 0.6 is 0 Å². The van der Waals surface area contributed by atoms with Gasteiger partial charge in [0.1, 0.15) is 17.4 Å². The van der Waals surface area contributed by atoms with Crippen molar-refractivity contribution in [3.05, 3.63) is 47.4 Å². The summed E-state index contributed by atoms with van der Waals surface area (Å²) >= 11 is 0. The Morgan fingerprint density at radius 3 is 2.80 bits per heavy atom.